The van der Waals surface area contributed by atoms with Crippen LogP contribution < -0.4 is 5.73 Å². The number of rotatable bonds is 3. The second-order valence-electron chi connectivity index (χ2n) is 5.31. The SMILES string of the molecule is CN(C)C1CCCN(Cc2cccc(F)c2N)C1. The molecule has 0 bridgehead atoms. The molecule has 1 aliphatic heterocycles. The van der Waals surface area contributed by atoms with E-state index >= 15 is 0 Å². The number of anilines is 1. The van der Waals surface area contributed by atoms with E-state index in [2.05, 4.69) is 23.9 Å². The molecule has 0 radical (unpaired) electrons. The van der Waals surface area contributed by atoms with Crippen LogP contribution in [-0.2, 0) is 6.54 Å². The molecule has 0 aromatic heterocycles. The molecule has 1 saturated heterocycles. The molecule has 1 heterocycles. The van der Waals surface area contributed by atoms with Gasteiger partial charge in [-0.05, 0) is 45.1 Å². The number of likely N-dealkylation sites (N-methyl/N-ethyl adjacent to an activating group) is 1. The van der Waals surface area contributed by atoms with Crippen molar-refractivity contribution >= 4 is 5.69 Å². The predicted octanol–water partition coefficient (Wildman–Crippen LogP) is 1.93. The van der Waals surface area contributed by atoms with Gasteiger partial charge in [0.1, 0.15) is 5.82 Å². The van der Waals surface area contributed by atoms with Crippen molar-refractivity contribution in [2.24, 2.45) is 0 Å². The minimum Gasteiger partial charge on any atom is -0.396 e. The zero-order valence-electron chi connectivity index (χ0n) is 11.2. The van der Waals surface area contributed by atoms with Crippen LogP contribution in [0.3, 0.4) is 0 Å². The number of likely N-dealkylation sites (tertiary alicyclic amines) is 1. The number of hydrogen-bond acceptors (Lipinski definition) is 3. The predicted molar refractivity (Wildman–Crippen MR) is 72.8 cm³/mol. The highest BCUT2D eigenvalue weighted by Gasteiger charge is 2.21. The van der Waals surface area contributed by atoms with Crippen LogP contribution in [0.15, 0.2) is 18.2 Å². The highest BCUT2D eigenvalue weighted by atomic mass is 19.1. The molecule has 1 fully saturated rings. The average molecular weight is 251 g/mol. The van der Waals surface area contributed by atoms with Crippen LogP contribution >= 0.6 is 0 Å². The summed E-state index contributed by atoms with van der Waals surface area (Å²) in [5.74, 6) is -0.311. The standard InChI is InChI=1S/C14H22FN3/c1-17(2)12-6-4-8-18(10-12)9-11-5-3-7-13(15)14(11)16/h3,5,7,12H,4,6,8-10,16H2,1-2H3. The van der Waals surface area contributed by atoms with Gasteiger partial charge >= 0.3 is 0 Å². The van der Waals surface area contributed by atoms with E-state index < -0.39 is 0 Å². The maximum absolute atomic E-state index is 13.4. The summed E-state index contributed by atoms with van der Waals surface area (Å²) in [6, 6.07) is 5.65. The Morgan fingerprint density at radius 3 is 2.94 bits per heavy atom. The lowest BCUT2D eigenvalue weighted by Crippen LogP contribution is -2.44. The number of para-hydroxylation sites is 1. The summed E-state index contributed by atoms with van der Waals surface area (Å²) in [7, 11) is 4.23. The number of benzene rings is 1. The van der Waals surface area contributed by atoms with Crippen LogP contribution in [0.4, 0.5) is 10.1 Å². The number of nitrogen functional groups attached to an aromatic ring is 1. The molecule has 1 aromatic carbocycles. The Morgan fingerprint density at radius 1 is 1.44 bits per heavy atom. The molecule has 1 aromatic rings. The van der Waals surface area contributed by atoms with Gasteiger partial charge in [-0.1, -0.05) is 12.1 Å². The van der Waals surface area contributed by atoms with Gasteiger partial charge in [0, 0.05) is 19.1 Å². The molecule has 4 heteroatoms. The molecule has 0 amide bonds. The Kier molecular flexibility index (Phi) is 4.19. The van der Waals surface area contributed by atoms with Crippen molar-refractivity contribution in [3.63, 3.8) is 0 Å². The highest BCUT2D eigenvalue weighted by molar-refractivity contribution is 5.47. The van der Waals surface area contributed by atoms with Gasteiger partial charge in [0.05, 0.1) is 5.69 Å². The molecule has 0 saturated carbocycles. The van der Waals surface area contributed by atoms with Gasteiger partial charge in [-0.25, -0.2) is 4.39 Å². The summed E-state index contributed by atoms with van der Waals surface area (Å²) < 4.78 is 13.4. The number of hydrogen-bond donors (Lipinski definition) is 1. The molecule has 0 aliphatic carbocycles. The van der Waals surface area contributed by atoms with Crippen molar-refractivity contribution in [1.29, 1.82) is 0 Å². The van der Waals surface area contributed by atoms with Crippen molar-refractivity contribution in [2.45, 2.75) is 25.4 Å². The van der Waals surface area contributed by atoms with Crippen LogP contribution in [0.2, 0.25) is 0 Å². The van der Waals surface area contributed by atoms with E-state index in [9.17, 15) is 4.39 Å². The maximum atomic E-state index is 13.4. The van der Waals surface area contributed by atoms with E-state index in [-0.39, 0.29) is 5.82 Å². The number of piperidine rings is 1. The van der Waals surface area contributed by atoms with Crippen LogP contribution in [0.1, 0.15) is 18.4 Å². The normalized spacial score (nSPS) is 21.4. The lowest BCUT2D eigenvalue weighted by Gasteiger charge is -2.36. The van der Waals surface area contributed by atoms with Gasteiger partial charge in [-0.15, -0.1) is 0 Å². The third-order valence-corrected chi connectivity index (χ3v) is 3.75. The molecule has 18 heavy (non-hydrogen) atoms. The first-order valence-corrected chi connectivity index (χ1v) is 6.49. The lowest BCUT2D eigenvalue weighted by atomic mass is 10.0. The zero-order chi connectivity index (χ0) is 13.1. The Labute approximate surface area is 108 Å². The Hall–Kier alpha value is -1.13. The Balaban J connectivity index is 2.03. The van der Waals surface area contributed by atoms with E-state index in [1.165, 1.54) is 18.9 Å². The number of nitrogens with two attached hydrogens (primary N) is 1. The molecular formula is C14H22FN3. The molecule has 1 atom stereocenters. The lowest BCUT2D eigenvalue weighted by molar-refractivity contribution is 0.128. The summed E-state index contributed by atoms with van der Waals surface area (Å²) in [4.78, 5) is 4.63. The van der Waals surface area contributed by atoms with Crippen LogP contribution in [0, 0.1) is 5.82 Å². The third-order valence-electron chi connectivity index (χ3n) is 3.75. The summed E-state index contributed by atoms with van der Waals surface area (Å²) in [6.07, 6.45) is 2.43. The highest BCUT2D eigenvalue weighted by Crippen LogP contribution is 2.21. The van der Waals surface area contributed by atoms with Crippen molar-refractivity contribution in [1.82, 2.24) is 9.80 Å². The molecule has 3 nitrogen and oxygen atoms in total. The smallest absolute Gasteiger partial charge is 0.146 e. The fraction of sp³-hybridized carbons (Fsp3) is 0.571. The van der Waals surface area contributed by atoms with Gasteiger partial charge < -0.3 is 10.6 Å². The first-order chi connectivity index (χ1) is 8.58. The fourth-order valence-electron chi connectivity index (χ4n) is 2.56. The second-order valence-corrected chi connectivity index (χ2v) is 5.31. The Morgan fingerprint density at radius 2 is 2.22 bits per heavy atom. The summed E-state index contributed by atoms with van der Waals surface area (Å²) >= 11 is 0. The number of halogens is 1. The Bertz CT molecular complexity index is 406. The summed E-state index contributed by atoms with van der Waals surface area (Å²) in [6.45, 7) is 2.84. The van der Waals surface area contributed by atoms with E-state index in [1.54, 1.807) is 6.07 Å². The van der Waals surface area contributed by atoms with E-state index in [0.717, 1.165) is 25.2 Å². The van der Waals surface area contributed by atoms with Crippen molar-refractivity contribution < 1.29 is 4.39 Å². The minimum atomic E-state index is -0.311. The molecule has 2 N–H and O–H groups in total. The topological polar surface area (TPSA) is 32.5 Å². The van der Waals surface area contributed by atoms with Gasteiger partial charge in [0.25, 0.3) is 0 Å². The van der Waals surface area contributed by atoms with E-state index in [1.807, 2.05) is 6.07 Å². The van der Waals surface area contributed by atoms with E-state index in [4.69, 9.17) is 5.73 Å². The first kappa shape index (κ1) is 13.3. The first-order valence-electron chi connectivity index (χ1n) is 6.49. The fourth-order valence-corrected chi connectivity index (χ4v) is 2.56. The van der Waals surface area contributed by atoms with Crippen molar-refractivity contribution in [3.05, 3.63) is 29.6 Å². The van der Waals surface area contributed by atoms with Crippen LogP contribution in [0.25, 0.3) is 0 Å². The molecule has 100 valence electrons. The third kappa shape index (κ3) is 3.00. The number of nitrogens with zero attached hydrogens (tertiary/aromatic N) is 2. The monoisotopic (exact) mass is 251 g/mol. The zero-order valence-corrected chi connectivity index (χ0v) is 11.2. The second kappa shape index (κ2) is 5.67. The summed E-state index contributed by atoms with van der Waals surface area (Å²) in [5, 5.41) is 0. The van der Waals surface area contributed by atoms with Crippen molar-refractivity contribution in [2.75, 3.05) is 32.9 Å². The molecular weight excluding hydrogens is 229 g/mol. The van der Waals surface area contributed by atoms with Gasteiger partial charge in [0.2, 0.25) is 0 Å². The molecule has 1 unspecified atom stereocenters. The van der Waals surface area contributed by atoms with Gasteiger partial charge in [-0.2, -0.15) is 0 Å². The van der Waals surface area contributed by atoms with Crippen LogP contribution in [0.5, 0.6) is 0 Å². The van der Waals surface area contributed by atoms with Gasteiger partial charge in [0.15, 0.2) is 0 Å². The van der Waals surface area contributed by atoms with Crippen LogP contribution in [-0.4, -0.2) is 43.0 Å². The minimum absolute atomic E-state index is 0.296. The largest absolute Gasteiger partial charge is 0.396 e. The maximum Gasteiger partial charge on any atom is 0.146 e. The van der Waals surface area contributed by atoms with Crippen molar-refractivity contribution in [3.8, 4) is 0 Å². The van der Waals surface area contributed by atoms with Gasteiger partial charge in [-0.3, -0.25) is 4.90 Å². The quantitative estimate of drug-likeness (QED) is 0.833. The summed E-state index contributed by atoms with van der Waals surface area (Å²) in [5.41, 5.74) is 6.98. The molecule has 2 rings (SSSR count). The van der Waals surface area contributed by atoms with E-state index in [0.29, 0.717) is 11.7 Å². The molecule has 1 aliphatic rings. The average Bonchev–Trinajstić information content (AvgIpc) is 2.35. The molecule has 0 spiro atoms.